The predicted octanol–water partition coefficient (Wildman–Crippen LogP) is 3.54. The Kier molecular flexibility index (Phi) is 3.12. The molecule has 2 aliphatic rings. The van der Waals surface area contributed by atoms with E-state index in [0.29, 0.717) is 0 Å². The van der Waals surface area contributed by atoms with Gasteiger partial charge in [0.05, 0.1) is 0 Å². The zero-order valence-electron chi connectivity index (χ0n) is 10.9. The largest absolute Gasteiger partial charge is 0.300 e. The van der Waals surface area contributed by atoms with Crippen molar-refractivity contribution < 1.29 is 0 Å². The fourth-order valence-corrected chi connectivity index (χ4v) is 3.46. The van der Waals surface area contributed by atoms with Crippen molar-refractivity contribution in [2.75, 3.05) is 13.1 Å². The Labute approximate surface area is 95.2 Å². The van der Waals surface area contributed by atoms with Gasteiger partial charge < -0.3 is 4.90 Å². The van der Waals surface area contributed by atoms with Crippen LogP contribution in [0, 0.1) is 17.3 Å². The zero-order chi connectivity index (χ0) is 11.1. The van der Waals surface area contributed by atoms with Crippen LogP contribution >= 0.6 is 0 Å². The van der Waals surface area contributed by atoms with E-state index in [-0.39, 0.29) is 0 Å². The number of nitrogens with zero attached hydrogens (tertiary/aromatic N) is 1. The quantitative estimate of drug-likeness (QED) is 0.687. The van der Waals surface area contributed by atoms with Crippen molar-refractivity contribution in [2.45, 2.75) is 59.4 Å². The third-order valence-electron chi connectivity index (χ3n) is 5.02. The van der Waals surface area contributed by atoms with Crippen LogP contribution in [0.15, 0.2) is 0 Å². The van der Waals surface area contributed by atoms with Gasteiger partial charge in [-0.2, -0.15) is 0 Å². The molecule has 1 aliphatic carbocycles. The summed E-state index contributed by atoms with van der Waals surface area (Å²) in [5.41, 5.74) is 0.748. The number of hydrogen-bond acceptors (Lipinski definition) is 1. The topological polar surface area (TPSA) is 3.24 Å². The second kappa shape index (κ2) is 4.08. The van der Waals surface area contributed by atoms with Crippen LogP contribution in [-0.4, -0.2) is 24.0 Å². The van der Waals surface area contributed by atoms with E-state index < -0.39 is 0 Å². The maximum Gasteiger partial charge on any atom is 0.00645 e. The third-order valence-corrected chi connectivity index (χ3v) is 5.02. The smallest absolute Gasteiger partial charge is 0.00645 e. The van der Waals surface area contributed by atoms with Crippen molar-refractivity contribution in [3.63, 3.8) is 0 Å². The maximum absolute atomic E-state index is 2.72. The Morgan fingerprint density at radius 2 is 1.93 bits per heavy atom. The highest BCUT2D eigenvalue weighted by atomic mass is 15.2. The van der Waals surface area contributed by atoms with Gasteiger partial charge in [-0.15, -0.1) is 0 Å². The molecule has 1 saturated carbocycles. The summed E-state index contributed by atoms with van der Waals surface area (Å²) in [4.78, 5) is 2.72. The zero-order valence-corrected chi connectivity index (χ0v) is 10.9. The Hall–Kier alpha value is -0.0400. The number of rotatable bonds is 3. The highest BCUT2D eigenvalue weighted by molar-refractivity contribution is 5.01. The van der Waals surface area contributed by atoms with Crippen LogP contribution < -0.4 is 0 Å². The van der Waals surface area contributed by atoms with Gasteiger partial charge in [0.15, 0.2) is 0 Å². The molecule has 15 heavy (non-hydrogen) atoms. The number of likely N-dealkylation sites (tertiary alicyclic amines) is 1. The summed E-state index contributed by atoms with van der Waals surface area (Å²) < 4.78 is 0. The Balaban J connectivity index is 1.84. The molecular weight excluding hydrogens is 182 g/mol. The second-order valence-electron chi connectivity index (χ2n) is 6.39. The minimum absolute atomic E-state index is 0.748. The van der Waals surface area contributed by atoms with Gasteiger partial charge in [0, 0.05) is 12.6 Å². The van der Waals surface area contributed by atoms with E-state index >= 15 is 0 Å². The van der Waals surface area contributed by atoms with Gasteiger partial charge in [0.1, 0.15) is 0 Å². The van der Waals surface area contributed by atoms with Crippen LogP contribution in [-0.2, 0) is 0 Å². The SMILES string of the molecule is CCC(C)N1CCC2(CC(C(C)C)C2)C1. The molecule has 1 heteroatoms. The highest BCUT2D eigenvalue weighted by Crippen LogP contribution is 2.54. The lowest BCUT2D eigenvalue weighted by atomic mass is 9.58. The average molecular weight is 209 g/mol. The molecule has 0 amide bonds. The van der Waals surface area contributed by atoms with Gasteiger partial charge in [-0.05, 0) is 56.4 Å². The van der Waals surface area contributed by atoms with E-state index in [1.165, 1.54) is 38.8 Å². The Morgan fingerprint density at radius 1 is 1.27 bits per heavy atom. The number of hydrogen-bond donors (Lipinski definition) is 0. The molecule has 1 heterocycles. The van der Waals surface area contributed by atoms with Crippen LogP contribution in [0.3, 0.4) is 0 Å². The Morgan fingerprint density at radius 3 is 2.47 bits per heavy atom. The van der Waals surface area contributed by atoms with Gasteiger partial charge >= 0.3 is 0 Å². The molecule has 0 N–H and O–H groups in total. The van der Waals surface area contributed by atoms with Crippen LogP contribution in [0.25, 0.3) is 0 Å². The first-order valence-electron chi connectivity index (χ1n) is 6.80. The van der Waals surface area contributed by atoms with E-state index in [9.17, 15) is 0 Å². The monoisotopic (exact) mass is 209 g/mol. The lowest BCUT2D eigenvalue weighted by Crippen LogP contribution is -2.43. The predicted molar refractivity (Wildman–Crippen MR) is 65.9 cm³/mol. The van der Waals surface area contributed by atoms with Gasteiger partial charge in [0.2, 0.25) is 0 Å². The Bertz CT molecular complexity index is 215. The molecule has 1 aliphatic heterocycles. The summed E-state index contributed by atoms with van der Waals surface area (Å²) >= 11 is 0. The highest BCUT2D eigenvalue weighted by Gasteiger charge is 2.49. The summed E-state index contributed by atoms with van der Waals surface area (Å²) in [6, 6.07) is 0.808. The molecule has 1 unspecified atom stereocenters. The van der Waals surface area contributed by atoms with Crippen molar-refractivity contribution in [1.82, 2.24) is 4.90 Å². The first kappa shape index (κ1) is 11.4. The van der Waals surface area contributed by atoms with Crippen LogP contribution in [0.5, 0.6) is 0 Å². The van der Waals surface area contributed by atoms with E-state index in [2.05, 4.69) is 32.6 Å². The van der Waals surface area contributed by atoms with E-state index in [4.69, 9.17) is 0 Å². The van der Waals surface area contributed by atoms with Crippen LogP contribution in [0.4, 0.5) is 0 Å². The minimum Gasteiger partial charge on any atom is -0.300 e. The first-order valence-corrected chi connectivity index (χ1v) is 6.80. The van der Waals surface area contributed by atoms with Gasteiger partial charge in [0.25, 0.3) is 0 Å². The van der Waals surface area contributed by atoms with Crippen molar-refractivity contribution in [2.24, 2.45) is 17.3 Å². The van der Waals surface area contributed by atoms with Crippen molar-refractivity contribution >= 4 is 0 Å². The van der Waals surface area contributed by atoms with E-state index in [1.807, 2.05) is 0 Å². The molecule has 1 nitrogen and oxygen atoms in total. The molecule has 88 valence electrons. The van der Waals surface area contributed by atoms with Crippen molar-refractivity contribution in [3.05, 3.63) is 0 Å². The summed E-state index contributed by atoms with van der Waals surface area (Å²) in [7, 11) is 0. The maximum atomic E-state index is 2.72. The molecule has 2 rings (SSSR count). The summed E-state index contributed by atoms with van der Waals surface area (Å²) in [5, 5.41) is 0. The van der Waals surface area contributed by atoms with Crippen LogP contribution in [0.2, 0.25) is 0 Å². The molecule has 1 spiro atoms. The average Bonchev–Trinajstić information content (AvgIpc) is 2.58. The molecule has 1 atom stereocenters. The molecule has 0 aromatic rings. The van der Waals surface area contributed by atoms with Crippen LogP contribution in [0.1, 0.15) is 53.4 Å². The summed E-state index contributed by atoms with van der Waals surface area (Å²) in [6.07, 6.45) is 5.81. The second-order valence-corrected chi connectivity index (χ2v) is 6.39. The summed E-state index contributed by atoms with van der Waals surface area (Å²) in [6.45, 7) is 12.2. The molecule has 1 saturated heterocycles. The first-order chi connectivity index (χ1) is 7.06. The fraction of sp³-hybridized carbons (Fsp3) is 1.00. The van der Waals surface area contributed by atoms with E-state index in [0.717, 1.165) is 23.3 Å². The third kappa shape index (κ3) is 2.08. The van der Waals surface area contributed by atoms with Gasteiger partial charge in [-0.3, -0.25) is 0 Å². The van der Waals surface area contributed by atoms with Gasteiger partial charge in [-0.25, -0.2) is 0 Å². The lowest BCUT2D eigenvalue weighted by molar-refractivity contribution is 0.0301. The molecular formula is C14H27N. The normalized spacial score (nSPS) is 38.6. The standard InChI is InChI=1S/C14H27N/c1-5-12(4)15-7-6-14(10-15)8-13(9-14)11(2)3/h11-13H,5-10H2,1-4H3. The lowest BCUT2D eigenvalue weighted by Gasteiger charge is -2.47. The van der Waals surface area contributed by atoms with Crippen molar-refractivity contribution in [1.29, 1.82) is 0 Å². The summed E-state index contributed by atoms with van der Waals surface area (Å²) in [5.74, 6) is 1.94. The molecule has 0 radical (unpaired) electrons. The molecule has 0 aromatic heterocycles. The minimum atomic E-state index is 0.748. The molecule has 2 fully saturated rings. The fourth-order valence-electron chi connectivity index (χ4n) is 3.46. The molecule has 0 aromatic carbocycles. The molecule has 0 bridgehead atoms. The van der Waals surface area contributed by atoms with Crippen molar-refractivity contribution in [3.8, 4) is 0 Å². The van der Waals surface area contributed by atoms with Gasteiger partial charge in [-0.1, -0.05) is 20.8 Å². The van der Waals surface area contributed by atoms with E-state index in [1.54, 1.807) is 0 Å².